The molecule has 0 bridgehead atoms. The van der Waals surface area contributed by atoms with E-state index in [9.17, 15) is 0 Å². The molecule has 1 aliphatic rings. The number of pyridine rings is 1. The predicted octanol–water partition coefficient (Wildman–Crippen LogP) is 5.90. The molecule has 0 fully saturated rings. The highest BCUT2D eigenvalue weighted by atomic mass is 14.9. The number of hydrogen-bond donors (Lipinski definition) is 0. The van der Waals surface area contributed by atoms with E-state index >= 15 is 0 Å². The van der Waals surface area contributed by atoms with Gasteiger partial charge in [0.05, 0.1) is 0 Å². The molecular weight excluding hydrogens is 314 g/mol. The highest BCUT2D eigenvalue weighted by molar-refractivity contribution is 6.16. The van der Waals surface area contributed by atoms with Gasteiger partial charge in [0.1, 0.15) is 7.05 Å². The van der Waals surface area contributed by atoms with Crippen molar-refractivity contribution in [2.45, 2.75) is 20.8 Å². The van der Waals surface area contributed by atoms with Gasteiger partial charge in [-0.2, -0.15) is 0 Å². The third-order valence-electron chi connectivity index (χ3n) is 5.95. The molecule has 5 rings (SSSR count). The van der Waals surface area contributed by atoms with Crippen molar-refractivity contribution < 1.29 is 4.57 Å². The van der Waals surface area contributed by atoms with Crippen molar-refractivity contribution in [2.75, 3.05) is 0 Å². The van der Waals surface area contributed by atoms with Crippen molar-refractivity contribution in [3.8, 4) is 33.5 Å². The fourth-order valence-electron chi connectivity index (χ4n) is 4.48. The fraction of sp³-hybridized carbons (Fsp3) is 0.160. The van der Waals surface area contributed by atoms with E-state index in [1.165, 1.54) is 61.0 Å². The SMILES string of the molecule is Cc1cc(-c2ccc3c(c2C)-c2cccc4cccc-3c24)[n+](C)cc1C. The van der Waals surface area contributed by atoms with Gasteiger partial charge in [-0.3, -0.25) is 0 Å². The normalized spacial score (nSPS) is 11.8. The van der Waals surface area contributed by atoms with Gasteiger partial charge in [-0.1, -0.05) is 42.5 Å². The number of hydrogen-bond acceptors (Lipinski definition) is 0. The Morgan fingerprint density at radius 3 is 2.15 bits per heavy atom. The van der Waals surface area contributed by atoms with E-state index in [-0.39, 0.29) is 0 Å². The highest BCUT2D eigenvalue weighted by Crippen LogP contribution is 2.49. The molecule has 0 amide bonds. The molecule has 0 unspecified atom stereocenters. The maximum atomic E-state index is 2.31. The van der Waals surface area contributed by atoms with Gasteiger partial charge in [-0.15, -0.1) is 0 Å². The van der Waals surface area contributed by atoms with Crippen molar-refractivity contribution in [3.63, 3.8) is 0 Å². The van der Waals surface area contributed by atoms with Crippen LogP contribution in [0.4, 0.5) is 0 Å². The molecule has 0 aliphatic heterocycles. The van der Waals surface area contributed by atoms with Crippen LogP contribution in [-0.4, -0.2) is 0 Å². The van der Waals surface area contributed by atoms with Gasteiger partial charge in [-0.25, -0.2) is 4.57 Å². The smallest absolute Gasteiger partial charge is 0.201 e. The van der Waals surface area contributed by atoms with Crippen molar-refractivity contribution in [1.29, 1.82) is 0 Å². The molecule has 0 saturated carbocycles. The van der Waals surface area contributed by atoms with Gasteiger partial charge < -0.3 is 0 Å². The molecule has 1 nitrogen and oxygen atoms in total. The standard InChI is InChI=1S/C25H22N/c1-15-13-23(26(4)14-16(15)2)19-11-12-21-20-9-5-7-18-8-6-10-22(25(18)20)24(21)17(19)3/h5-14H,1-4H3/q+1. The lowest BCUT2D eigenvalue weighted by Gasteiger charge is -2.12. The van der Waals surface area contributed by atoms with Crippen LogP contribution >= 0.6 is 0 Å². The van der Waals surface area contributed by atoms with E-state index in [0.29, 0.717) is 0 Å². The number of rotatable bonds is 1. The van der Waals surface area contributed by atoms with Crippen LogP contribution in [0.3, 0.4) is 0 Å². The summed E-state index contributed by atoms with van der Waals surface area (Å²) in [4.78, 5) is 0. The molecule has 126 valence electrons. The van der Waals surface area contributed by atoms with Crippen LogP contribution in [0, 0.1) is 20.8 Å². The summed E-state index contributed by atoms with van der Waals surface area (Å²) in [6.07, 6.45) is 2.23. The lowest BCUT2D eigenvalue weighted by atomic mass is 9.92. The molecule has 1 heteroatoms. The quantitative estimate of drug-likeness (QED) is 0.335. The maximum Gasteiger partial charge on any atom is 0.212 e. The van der Waals surface area contributed by atoms with Gasteiger partial charge >= 0.3 is 0 Å². The van der Waals surface area contributed by atoms with E-state index in [1.807, 2.05) is 0 Å². The number of aromatic nitrogens is 1. The van der Waals surface area contributed by atoms with Crippen molar-refractivity contribution in [2.24, 2.45) is 7.05 Å². The lowest BCUT2D eigenvalue weighted by Crippen LogP contribution is -2.31. The Labute approximate surface area is 154 Å². The second-order valence-corrected chi connectivity index (χ2v) is 7.51. The van der Waals surface area contributed by atoms with E-state index in [0.717, 1.165) is 0 Å². The van der Waals surface area contributed by atoms with Gasteiger partial charge in [-0.05, 0) is 71.0 Å². The Hall–Kier alpha value is -2.93. The zero-order valence-electron chi connectivity index (χ0n) is 15.7. The van der Waals surface area contributed by atoms with Crippen molar-refractivity contribution in [3.05, 3.63) is 77.5 Å². The first-order valence-electron chi connectivity index (χ1n) is 9.19. The summed E-state index contributed by atoms with van der Waals surface area (Å²) in [7, 11) is 2.14. The van der Waals surface area contributed by atoms with Crippen LogP contribution in [0.1, 0.15) is 16.7 Å². The van der Waals surface area contributed by atoms with Gasteiger partial charge in [0, 0.05) is 17.2 Å². The number of benzene rings is 3. The summed E-state index contributed by atoms with van der Waals surface area (Å²) in [5.41, 5.74) is 12.1. The molecular formula is C25H22N+. The Morgan fingerprint density at radius 2 is 1.38 bits per heavy atom. The number of nitrogens with zero attached hydrogens (tertiary/aromatic N) is 1. The first-order valence-corrected chi connectivity index (χ1v) is 9.19. The summed E-state index contributed by atoms with van der Waals surface area (Å²) in [6, 6.07) is 20.2. The zero-order valence-corrected chi connectivity index (χ0v) is 15.7. The van der Waals surface area contributed by atoms with Crippen LogP contribution in [0.25, 0.3) is 44.3 Å². The average Bonchev–Trinajstić information content (AvgIpc) is 2.96. The summed E-state index contributed by atoms with van der Waals surface area (Å²) < 4.78 is 2.25. The molecule has 0 saturated heterocycles. The van der Waals surface area contributed by atoms with Gasteiger partial charge in [0.15, 0.2) is 6.20 Å². The summed E-state index contributed by atoms with van der Waals surface area (Å²) >= 11 is 0. The molecule has 26 heavy (non-hydrogen) atoms. The Balaban J connectivity index is 1.84. The van der Waals surface area contributed by atoms with Crippen LogP contribution in [0.2, 0.25) is 0 Å². The minimum Gasteiger partial charge on any atom is -0.201 e. The molecule has 0 spiro atoms. The van der Waals surface area contributed by atoms with E-state index in [4.69, 9.17) is 0 Å². The van der Waals surface area contributed by atoms with Crippen molar-refractivity contribution >= 4 is 10.8 Å². The Kier molecular flexibility index (Phi) is 3.12. The Morgan fingerprint density at radius 1 is 0.692 bits per heavy atom. The summed E-state index contributed by atoms with van der Waals surface area (Å²) in [5, 5.41) is 2.73. The van der Waals surface area contributed by atoms with E-state index in [2.05, 4.69) is 93.2 Å². The summed E-state index contributed by atoms with van der Waals surface area (Å²) in [6.45, 7) is 6.64. The largest absolute Gasteiger partial charge is 0.212 e. The molecule has 1 aromatic heterocycles. The van der Waals surface area contributed by atoms with Crippen LogP contribution < -0.4 is 4.57 Å². The maximum absolute atomic E-state index is 2.31. The van der Waals surface area contributed by atoms with Crippen LogP contribution in [0.5, 0.6) is 0 Å². The fourth-order valence-corrected chi connectivity index (χ4v) is 4.48. The first-order chi connectivity index (χ1) is 12.6. The van der Waals surface area contributed by atoms with Crippen molar-refractivity contribution in [1.82, 2.24) is 0 Å². The van der Waals surface area contributed by atoms with Gasteiger partial charge in [0.25, 0.3) is 0 Å². The third-order valence-corrected chi connectivity index (χ3v) is 5.95. The van der Waals surface area contributed by atoms with E-state index in [1.54, 1.807) is 0 Å². The molecule has 4 aromatic rings. The second kappa shape index (κ2) is 5.28. The molecule has 3 aromatic carbocycles. The topological polar surface area (TPSA) is 3.88 Å². The summed E-state index contributed by atoms with van der Waals surface area (Å²) in [5.74, 6) is 0. The molecule has 0 N–H and O–H groups in total. The number of fused-ring (bicyclic) bond motifs is 3. The first kappa shape index (κ1) is 15.3. The molecule has 1 aliphatic carbocycles. The third kappa shape index (κ3) is 1.94. The molecule has 0 atom stereocenters. The second-order valence-electron chi connectivity index (χ2n) is 7.51. The Bertz CT molecular complexity index is 1210. The number of aryl methyl sites for hydroxylation is 3. The van der Waals surface area contributed by atoms with E-state index < -0.39 is 0 Å². The lowest BCUT2D eigenvalue weighted by molar-refractivity contribution is -0.660. The minimum absolute atomic E-state index is 1.27. The molecule has 1 heterocycles. The predicted molar refractivity (Wildman–Crippen MR) is 109 cm³/mol. The zero-order chi connectivity index (χ0) is 18.0. The highest BCUT2D eigenvalue weighted by Gasteiger charge is 2.25. The minimum atomic E-state index is 1.27. The average molecular weight is 336 g/mol. The van der Waals surface area contributed by atoms with Crippen LogP contribution in [-0.2, 0) is 7.05 Å². The monoisotopic (exact) mass is 336 g/mol. The molecule has 0 radical (unpaired) electrons. The van der Waals surface area contributed by atoms with Crippen LogP contribution in [0.15, 0.2) is 60.8 Å². The van der Waals surface area contributed by atoms with Gasteiger partial charge in [0.2, 0.25) is 5.69 Å².